The minimum Gasteiger partial charge on any atom is -0.453 e. The van der Waals surface area contributed by atoms with Gasteiger partial charge in [-0.15, -0.1) is 0 Å². The van der Waals surface area contributed by atoms with Crippen LogP contribution in [-0.2, 0) is 20.7 Å². The summed E-state index contributed by atoms with van der Waals surface area (Å²) < 4.78 is 5.14. The van der Waals surface area contributed by atoms with Crippen molar-refractivity contribution in [3.05, 3.63) is 63.8 Å². The third kappa shape index (κ3) is 5.61. The van der Waals surface area contributed by atoms with Crippen LogP contribution in [0.3, 0.4) is 0 Å². The fraction of sp³-hybridized carbons (Fsp3) is 0.250. The smallest absolute Gasteiger partial charge is 0.306 e. The van der Waals surface area contributed by atoms with Gasteiger partial charge in [-0.05, 0) is 37.6 Å². The summed E-state index contributed by atoms with van der Waals surface area (Å²) >= 11 is 5.74. The molecule has 29 heavy (non-hydrogen) atoms. The molecule has 8 nitrogen and oxygen atoms in total. The molecule has 0 aliphatic rings. The van der Waals surface area contributed by atoms with E-state index in [0.717, 1.165) is 0 Å². The number of aryl methyl sites for hydroxylation is 1. The number of anilines is 1. The predicted octanol–water partition coefficient (Wildman–Crippen LogP) is 2.86. The highest BCUT2D eigenvalue weighted by molar-refractivity contribution is 6.30. The Morgan fingerprint density at radius 3 is 2.79 bits per heavy atom. The Labute approximate surface area is 171 Å². The lowest BCUT2D eigenvalue weighted by atomic mass is 10.2. The summed E-state index contributed by atoms with van der Waals surface area (Å²) in [6.07, 6.45) is 1.35. The van der Waals surface area contributed by atoms with Crippen LogP contribution in [0.1, 0.15) is 25.6 Å². The van der Waals surface area contributed by atoms with Gasteiger partial charge in [-0.3, -0.25) is 14.4 Å². The van der Waals surface area contributed by atoms with E-state index in [2.05, 4.69) is 20.3 Å². The van der Waals surface area contributed by atoms with Crippen molar-refractivity contribution >= 4 is 40.2 Å². The SMILES string of the molecule is C[C@@H](OC(=O)CCCc1nc2ccccc2c(=O)[nH]1)C(=O)Nc1ccc(Cl)cn1. The number of fused-ring (bicyclic) bond motifs is 1. The lowest BCUT2D eigenvalue weighted by Crippen LogP contribution is -2.30. The van der Waals surface area contributed by atoms with Gasteiger partial charge >= 0.3 is 5.97 Å². The molecule has 1 atom stereocenters. The first kappa shape index (κ1) is 20.5. The maximum Gasteiger partial charge on any atom is 0.306 e. The number of para-hydroxylation sites is 1. The Bertz CT molecular complexity index is 1080. The zero-order valence-corrected chi connectivity index (χ0v) is 16.4. The van der Waals surface area contributed by atoms with E-state index in [1.807, 2.05) is 6.07 Å². The van der Waals surface area contributed by atoms with Gasteiger partial charge in [-0.1, -0.05) is 23.7 Å². The lowest BCUT2D eigenvalue weighted by Gasteiger charge is -2.13. The van der Waals surface area contributed by atoms with E-state index in [1.54, 1.807) is 30.3 Å². The fourth-order valence-electron chi connectivity index (χ4n) is 2.64. The first-order valence-corrected chi connectivity index (χ1v) is 9.40. The quantitative estimate of drug-likeness (QED) is 0.574. The number of benzene rings is 1. The van der Waals surface area contributed by atoms with Crippen LogP contribution >= 0.6 is 11.6 Å². The number of esters is 1. The van der Waals surface area contributed by atoms with E-state index in [1.165, 1.54) is 13.1 Å². The highest BCUT2D eigenvalue weighted by Crippen LogP contribution is 2.11. The van der Waals surface area contributed by atoms with Crippen molar-refractivity contribution < 1.29 is 14.3 Å². The van der Waals surface area contributed by atoms with Crippen LogP contribution in [0.2, 0.25) is 5.02 Å². The molecule has 0 radical (unpaired) electrons. The van der Waals surface area contributed by atoms with Gasteiger partial charge in [0.25, 0.3) is 11.5 Å². The first-order valence-electron chi connectivity index (χ1n) is 9.02. The van der Waals surface area contributed by atoms with Crippen molar-refractivity contribution in [2.45, 2.75) is 32.3 Å². The van der Waals surface area contributed by atoms with Crippen molar-refractivity contribution in [3.63, 3.8) is 0 Å². The number of carbonyl (C=O) groups excluding carboxylic acids is 2. The summed E-state index contributed by atoms with van der Waals surface area (Å²) in [4.78, 5) is 47.2. The standard InChI is InChI=1S/C20H19ClN4O4/c1-12(19(27)24-16-10-9-13(21)11-22-16)29-18(26)8-4-7-17-23-15-6-3-2-5-14(15)20(28)25-17/h2-3,5-6,9-12H,4,7-8H2,1H3,(H,22,24,27)(H,23,25,28)/t12-/m1/s1. The highest BCUT2D eigenvalue weighted by atomic mass is 35.5. The Balaban J connectivity index is 1.47. The molecule has 3 aromatic rings. The van der Waals surface area contributed by atoms with Crippen LogP contribution in [-0.4, -0.2) is 32.9 Å². The molecule has 1 aromatic carbocycles. The van der Waals surface area contributed by atoms with E-state index < -0.39 is 18.0 Å². The number of carbonyl (C=O) groups is 2. The number of aromatic nitrogens is 3. The minimum absolute atomic E-state index is 0.0906. The van der Waals surface area contributed by atoms with Gasteiger partial charge < -0.3 is 15.0 Å². The monoisotopic (exact) mass is 414 g/mol. The molecule has 0 spiro atoms. The maximum atomic E-state index is 12.1. The van der Waals surface area contributed by atoms with Crippen LogP contribution in [0.4, 0.5) is 5.82 Å². The average molecular weight is 415 g/mol. The van der Waals surface area contributed by atoms with Gasteiger partial charge in [0.1, 0.15) is 11.6 Å². The molecule has 9 heteroatoms. The Morgan fingerprint density at radius 2 is 2.03 bits per heavy atom. The zero-order valence-electron chi connectivity index (χ0n) is 15.6. The van der Waals surface area contributed by atoms with Crippen LogP contribution in [0.15, 0.2) is 47.4 Å². The second kappa shape index (κ2) is 9.29. The molecule has 2 aromatic heterocycles. The second-order valence-electron chi connectivity index (χ2n) is 6.37. The Morgan fingerprint density at radius 1 is 1.24 bits per heavy atom. The normalized spacial score (nSPS) is 11.8. The molecular weight excluding hydrogens is 396 g/mol. The van der Waals surface area contributed by atoms with Crippen molar-refractivity contribution in [2.24, 2.45) is 0 Å². The number of ether oxygens (including phenoxy) is 1. The molecule has 0 bridgehead atoms. The molecule has 0 saturated carbocycles. The van der Waals surface area contributed by atoms with Crippen LogP contribution in [0, 0.1) is 0 Å². The summed E-state index contributed by atoms with van der Waals surface area (Å²) in [5.41, 5.74) is 0.393. The molecule has 0 saturated heterocycles. The number of nitrogens with one attached hydrogen (secondary N) is 2. The Kier molecular flexibility index (Phi) is 6.56. The van der Waals surface area contributed by atoms with Gasteiger partial charge in [-0.25, -0.2) is 9.97 Å². The molecule has 0 aliphatic heterocycles. The number of nitrogens with zero attached hydrogens (tertiary/aromatic N) is 2. The lowest BCUT2D eigenvalue weighted by molar-refractivity contribution is -0.153. The largest absolute Gasteiger partial charge is 0.453 e. The average Bonchev–Trinajstić information content (AvgIpc) is 2.69. The molecule has 150 valence electrons. The number of aromatic amines is 1. The number of hydrogen-bond acceptors (Lipinski definition) is 6. The van der Waals surface area contributed by atoms with Crippen LogP contribution in [0.5, 0.6) is 0 Å². The first-order chi connectivity index (χ1) is 13.9. The van der Waals surface area contributed by atoms with E-state index in [4.69, 9.17) is 16.3 Å². The Hall–Kier alpha value is -3.26. The summed E-state index contributed by atoms with van der Waals surface area (Å²) in [6, 6.07) is 10.2. The molecule has 1 amide bonds. The molecular formula is C20H19ClN4O4. The fourth-order valence-corrected chi connectivity index (χ4v) is 2.75. The predicted molar refractivity (Wildman–Crippen MR) is 109 cm³/mol. The third-order valence-corrected chi connectivity index (χ3v) is 4.34. The van der Waals surface area contributed by atoms with Crippen molar-refractivity contribution in [3.8, 4) is 0 Å². The summed E-state index contributed by atoms with van der Waals surface area (Å²) in [6.45, 7) is 1.48. The van der Waals surface area contributed by atoms with Crippen molar-refractivity contribution in [2.75, 3.05) is 5.32 Å². The van der Waals surface area contributed by atoms with Crippen molar-refractivity contribution in [1.82, 2.24) is 15.0 Å². The van der Waals surface area contributed by atoms with Gasteiger partial charge in [0.05, 0.1) is 15.9 Å². The number of halogens is 1. The number of hydrogen-bond donors (Lipinski definition) is 2. The van der Waals surface area contributed by atoms with E-state index in [9.17, 15) is 14.4 Å². The van der Waals surface area contributed by atoms with Gasteiger partial charge in [0.15, 0.2) is 6.10 Å². The number of H-pyrrole nitrogens is 1. The molecule has 2 heterocycles. The van der Waals surface area contributed by atoms with E-state index >= 15 is 0 Å². The van der Waals surface area contributed by atoms with Gasteiger partial charge in [0.2, 0.25) is 0 Å². The van der Waals surface area contributed by atoms with Crippen LogP contribution < -0.4 is 10.9 Å². The third-order valence-electron chi connectivity index (χ3n) is 4.11. The molecule has 3 rings (SSSR count). The molecule has 2 N–H and O–H groups in total. The molecule has 0 aliphatic carbocycles. The van der Waals surface area contributed by atoms with E-state index in [-0.39, 0.29) is 12.0 Å². The minimum atomic E-state index is -0.974. The van der Waals surface area contributed by atoms with Gasteiger partial charge in [-0.2, -0.15) is 0 Å². The van der Waals surface area contributed by atoms with Gasteiger partial charge in [0, 0.05) is 19.0 Å². The van der Waals surface area contributed by atoms with Crippen molar-refractivity contribution in [1.29, 1.82) is 0 Å². The molecule has 0 unspecified atom stereocenters. The number of amides is 1. The zero-order chi connectivity index (χ0) is 20.8. The summed E-state index contributed by atoms with van der Waals surface area (Å²) in [7, 11) is 0. The van der Waals surface area contributed by atoms with E-state index in [0.29, 0.717) is 40.4 Å². The maximum absolute atomic E-state index is 12.1. The number of pyridine rings is 1. The van der Waals surface area contributed by atoms with Crippen LogP contribution in [0.25, 0.3) is 10.9 Å². The molecule has 0 fully saturated rings. The summed E-state index contributed by atoms with van der Waals surface area (Å²) in [5.74, 6) is -0.191. The topological polar surface area (TPSA) is 114 Å². The second-order valence-corrected chi connectivity index (χ2v) is 6.80. The summed E-state index contributed by atoms with van der Waals surface area (Å²) in [5, 5.41) is 3.51. The number of rotatable bonds is 7. The highest BCUT2D eigenvalue weighted by Gasteiger charge is 2.18.